The molecule has 1 aromatic carbocycles. The van der Waals surface area contributed by atoms with Gasteiger partial charge in [-0.15, -0.1) is 12.4 Å². The first-order chi connectivity index (χ1) is 8.46. The van der Waals surface area contributed by atoms with E-state index in [4.69, 9.17) is 5.73 Å². The highest BCUT2D eigenvalue weighted by atomic mass is 35.5. The number of hydrogen-bond donors (Lipinski definition) is 1. The normalized spacial score (nSPS) is 17.2. The average Bonchev–Trinajstić information content (AvgIpc) is 2.28. The maximum absolute atomic E-state index is 12.1. The highest BCUT2D eigenvalue weighted by Gasteiger charge is 2.27. The molecule has 106 valence electrons. The number of para-hydroxylation sites is 1. The van der Waals surface area contributed by atoms with Crippen molar-refractivity contribution in [3.8, 4) is 0 Å². The van der Waals surface area contributed by atoms with E-state index in [0.717, 1.165) is 25.3 Å². The minimum Gasteiger partial charge on any atom is -0.324 e. The Balaban J connectivity index is 0.00000180. The maximum atomic E-state index is 12.1. The molecule has 1 heterocycles. The van der Waals surface area contributed by atoms with E-state index >= 15 is 0 Å². The van der Waals surface area contributed by atoms with Crippen LogP contribution in [0.25, 0.3) is 0 Å². The van der Waals surface area contributed by atoms with Crippen molar-refractivity contribution >= 4 is 24.0 Å². The molecule has 2 N–H and O–H groups in total. The molecule has 1 aliphatic rings. The van der Waals surface area contributed by atoms with Crippen LogP contribution in [0.3, 0.4) is 0 Å². The topological polar surface area (TPSA) is 49.6 Å². The van der Waals surface area contributed by atoms with Crippen LogP contribution in [-0.2, 0) is 4.79 Å². The molecule has 1 aromatic rings. The molecule has 0 aliphatic carbocycles. The lowest BCUT2D eigenvalue weighted by Gasteiger charge is -2.37. The third kappa shape index (κ3) is 4.49. The fraction of sp³-hybridized carbons (Fsp3) is 0.500. The Bertz CT molecular complexity index is 416. The average molecular weight is 284 g/mol. The number of carbonyl (C=O) groups is 1. The molecular formula is C14H22ClN3O. The van der Waals surface area contributed by atoms with E-state index in [0.29, 0.717) is 6.54 Å². The smallest absolute Gasteiger partial charge is 0.241 e. The van der Waals surface area contributed by atoms with Gasteiger partial charge in [0, 0.05) is 30.9 Å². The molecule has 0 spiro atoms. The summed E-state index contributed by atoms with van der Waals surface area (Å²) < 4.78 is 0. The molecule has 1 fully saturated rings. The summed E-state index contributed by atoms with van der Waals surface area (Å²) in [5.74, 6) is 0.150. The number of amides is 1. The quantitative estimate of drug-likeness (QED) is 0.914. The zero-order chi connectivity index (χ0) is 13.2. The Kier molecular flexibility index (Phi) is 5.35. The first-order valence-electron chi connectivity index (χ1n) is 6.32. The SMILES string of the molecule is CC(C)(N)CN1CCN(c2ccccc2)C(=O)C1.Cl. The number of piperazine rings is 1. The van der Waals surface area contributed by atoms with E-state index in [1.54, 1.807) is 0 Å². The predicted molar refractivity (Wildman–Crippen MR) is 80.7 cm³/mol. The van der Waals surface area contributed by atoms with Crippen molar-refractivity contribution in [1.29, 1.82) is 0 Å². The minimum absolute atomic E-state index is 0. The lowest BCUT2D eigenvalue weighted by molar-refractivity contribution is -0.121. The fourth-order valence-electron chi connectivity index (χ4n) is 2.31. The van der Waals surface area contributed by atoms with Crippen molar-refractivity contribution in [3.63, 3.8) is 0 Å². The highest BCUT2D eigenvalue weighted by Crippen LogP contribution is 2.17. The molecule has 4 nitrogen and oxygen atoms in total. The third-order valence-corrected chi connectivity index (χ3v) is 3.00. The maximum Gasteiger partial charge on any atom is 0.241 e. The zero-order valence-corrected chi connectivity index (χ0v) is 12.3. The van der Waals surface area contributed by atoms with Gasteiger partial charge in [-0.1, -0.05) is 18.2 Å². The van der Waals surface area contributed by atoms with Gasteiger partial charge in [0.25, 0.3) is 0 Å². The lowest BCUT2D eigenvalue weighted by atomic mass is 10.1. The van der Waals surface area contributed by atoms with Crippen LogP contribution >= 0.6 is 12.4 Å². The van der Waals surface area contributed by atoms with Crippen LogP contribution in [0, 0.1) is 0 Å². The molecule has 1 saturated heterocycles. The second-order valence-corrected chi connectivity index (χ2v) is 5.58. The van der Waals surface area contributed by atoms with Gasteiger partial charge < -0.3 is 10.6 Å². The van der Waals surface area contributed by atoms with Crippen LogP contribution in [-0.4, -0.2) is 42.5 Å². The molecule has 1 aliphatic heterocycles. The monoisotopic (exact) mass is 283 g/mol. The van der Waals surface area contributed by atoms with Crippen molar-refractivity contribution in [2.24, 2.45) is 5.73 Å². The van der Waals surface area contributed by atoms with Crippen LogP contribution < -0.4 is 10.6 Å². The summed E-state index contributed by atoms with van der Waals surface area (Å²) in [6, 6.07) is 9.82. The Hall–Kier alpha value is -1.10. The second kappa shape index (κ2) is 6.37. The molecule has 2 rings (SSSR count). The number of hydrogen-bond acceptors (Lipinski definition) is 3. The minimum atomic E-state index is -0.255. The third-order valence-electron chi connectivity index (χ3n) is 3.00. The van der Waals surface area contributed by atoms with E-state index < -0.39 is 0 Å². The van der Waals surface area contributed by atoms with E-state index in [2.05, 4.69) is 4.90 Å². The van der Waals surface area contributed by atoms with Gasteiger partial charge in [0.1, 0.15) is 0 Å². The van der Waals surface area contributed by atoms with Gasteiger partial charge in [0.15, 0.2) is 0 Å². The van der Waals surface area contributed by atoms with Crippen LogP contribution in [0.4, 0.5) is 5.69 Å². The first kappa shape index (κ1) is 16.0. The summed E-state index contributed by atoms with van der Waals surface area (Å²) in [6.07, 6.45) is 0. The molecule has 0 unspecified atom stereocenters. The summed E-state index contributed by atoms with van der Waals surface area (Å²) in [4.78, 5) is 16.1. The van der Waals surface area contributed by atoms with Crippen molar-refractivity contribution in [1.82, 2.24) is 4.90 Å². The van der Waals surface area contributed by atoms with E-state index in [9.17, 15) is 4.79 Å². The van der Waals surface area contributed by atoms with Gasteiger partial charge in [-0.2, -0.15) is 0 Å². The lowest BCUT2D eigenvalue weighted by Crippen LogP contribution is -2.55. The Morgan fingerprint density at radius 3 is 2.37 bits per heavy atom. The van der Waals surface area contributed by atoms with E-state index in [1.807, 2.05) is 49.1 Å². The standard InChI is InChI=1S/C14H21N3O.ClH/c1-14(2,15)11-16-8-9-17(13(18)10-16)12-6-4-3-5-7-12;/h3-7H,8-11,15H2,1-2H3;1H. The summed E-state index contributed by atoms with van der Waals surface area (Å²) in [5.41, 5.74) is 6.72. The number of anilines is 1. The van der Waals surface area contributed by atoms with E-state index in [-0.39, 0.29) is 23.9 Å². The molecule has 0 saturated carbocycles. The number of nitrogens with two attached hydrogens (primary N) is 1. The van der Waals surface area contributed by atoms with Crippen LogP contribution in [0.2, 0.25) is 0 Å². The number of carbonyl (C=O) groups excluding carboxylic acids is 1. The number of rotatable bonds is 3. The van der Waals surface area contributed by atoms with Crippen molar-refractivity contribution in [3.05, 3.63) is 30.3 Å². The summed E-state index contributed by atoms with van der Waals surface area (Å²) in [7, 11) is 0. The van der Waals surface area contributed by atoms with Crippen LogP contribution in [0.15, 0.2) is 30.3 Å². The van der Waals surface area contributed by atoms with Crippen molar-refractivity contribution in [2.75, 3.05) is 31.1 Å². The Morgan fingerprint density at radius 2 is 1.84 bits per heavy atom. The largest absolute Gasteiger partial charge is 0.324 e. The fourth-order valence-corrected chi connectivity index (χ4v) is 2.31. The number of benzene rings is 1. The first-order valence-corrected chi connectivity index (χ1v) is 6.32. The Morgan fingerprint density at radius 1 is 1.21 bits per heavy atom. The van der Waals surface area contributed by atoms with Crippen molar-refractivity contribution < 1.29 is 4.79 Å². The molecule has 0 bridgehead atoms. The molecule has 5 heteroatoms. The molecule has 1 amide bonds. The van der Waals surface area contributed by atoms with Gasteiger partial charge in [0.2, 0.25) is 5.91 Å². The molecule has 19 heavy (non-hydrogen) atoms. The van der Waals surface area contributed by atoms with Gasteiger partial charge in [-0.05, 0) is 26.0 Å². The van der Waals surface area contributed by atoms with Crippen LogP contribution in [0.1, 0.15) is 13.8 Å². The summed E-state index contributed by atoms with van der Waals surface area (Å²) >= 11 is 0. The van der Waals surface area contributed by atoms with Crippen LogP contribution in [0.5, 0.6) is 0 Å². The summed E-state index contributed by atoms with van der Waals surface area (Å²) in [6.45, 7) is 6.79. The number of halogens is 1. The number of nitrogens with zero attached hydrogens (tertiary/aromatic N) is 2. The summed E-state index contributed by atoms with van der Waals surface area (Å²) in [5, 5.41) is 0. The van der Waals surface area contributed by atoms with Gasteiger partial charge >= 0.3 is 0 Å². The van der Waals surface area contributed by atoms with E-state index in [1.165, 1.54) is 0 Å². The van der Waals surface area contributed by atoms with Gasteiger partial charge in [-0.25, -0.2) is 0 Å². The molecule has 0 aromatic heterocycles. The molecule has 0 atom stereocenters. The van der Waals surface area contributed by atoms with Crippen molar-refractivity contribution in [2.45, 2.75) is 19.4 Å². The Labute approximate surface area is 121 Å². The second-order valence-electron chi connectivity index (χ2n) is 5.58. The predicted octanol–water partition coefficient (Wildman–Crippen LogP) is 1.49. The molecule has 0 radical (unpaired) electrons. The van der Waals surface area contributed by atoms with Gasteiger partial charge in [-0.3, -0.25) is 9.69 Å². The highest BCUT2D eigenvalue weighted by molar-refractivity contribution is 5.95. The van der Waals surface area contributed by atoms with Gasteiger partial charge in [0.05, 0.1) is 6.54 Å². The molecular weight excluding hydrogens is 262 g/mol. The zero-order valence-electron chi connectivity index (χ0n) is 11.5.